The summed E-state index contributed by atoms with van der Waals surface area (Å²) < 4.78 is 68.6. The molecule has 20 nitrogen and oxygen atoms in total. The molecule has 0 saturated carbocycles. The Morgan fingerprint density at radius 1 is 0.870 bits per heavy atom. The van der Waals surface area contributed by atoms with Crippen molar-refractivity contribution in [2.24, 2.45) is 0 Å². The van der Waals surface area contributed by atoms with Gasteiger partial charge in [-0.05, 0) is 0 Å². The molecule has 2 unspecified atom stereocenters. The van der Waals surface area contributed by atoms with E-state index in [2.05, 4.69) is 54.4 Å². The summed E-state index contributed by atoms with van der Waals surface area (Å²) in [5.41, 5.74) is 13.3. The Kier molecular flexibility index (Phi) is 9.60. The second kappa shape index (κ2) is 13.2. The van der Waals surface area contributed by atoms with Crippen LogP contribution in [0.4, 0.5) is 11.6 Å². The highest BCUT2D eigenvalue weighted by Crippen LogP contribution is 2.58. The summed E-state index contributed by atoms with van der Waals surface area (Å²) in [6.45, 7) is -8.73. The Labute approximate surface area is 270 Å². The number of imidazole rings is 2. The standard InChI is InChI=1S/C22H30N10O10P2S2/c1-36-17-16(12(5-38-43(34,45)37-2)41-22(17)32-9-30-15-19(24)26-7-28-21(15)32)42-44(35,46)39-4-11-10(33)3-13(40-11)31-8-29-14-18(23)25-6-27-20(14)31/h6-13,16-17,22,33H,3-5H2,1-2H3,(H,34,45)(H,35,46)(H2,23,25,27)(H2,24,26,28)/t10-,11+,12+,13+,16+,17+,22+,43?,44?/m0/s1. The number of nitrogens with two attached hydrogens (primary N) is 2. The van der Waals surface area contributed by atoms with Crippen LogP contribution in [0.1, 0.15) is 18.9 Å². The Bertz CT molecular complexity index is 1820. The number of hydrogen-bond acceptors (Lipinski definition) is 18. The Morgan fingerprint density at radius 3 is 2.09 bits per heavy atom. The van der Waals surface area contributed by atoms with Crippen LogP contribution in [0.2, 0.25) is 0 Å². The number of aromatic nitrogens is 8. The first-order chi connectivity index (χ1) is 21.9. The van der Waals surface area contributed by atoms with E-state index in [9.17, 15) is 14.2 Å². The van der Waals surface area contributed by atoms with Crippen LogP contribution in [0.5, 0.6) is 0 Å². The number of nitrogens with zero attached hydrogens (tertiary/aromatic N) is 8. The summed E-state index contributed by atoms with van der Waals surface area (Å²) in [5, 5.41) is 10.7. The predicted molar refractivity (Wildman–Crippen MR) is 166 cm³/mol. The van der Waals surface area contributed by atoms with E-state index in [0.717, 1.165) is 7.11 Å². The van der Waals surface area contributed by atoms with E-state index < -0.39 is 56.6 Å². The molecule has 0 aromatic carbocycles. The van der Waals surface area contributed by atoms with Gasteiger partial charge in [0.15, 0.2) is 29.2 Å². The minimum absolute atomic E-state index is 0.143. The zero-order chi connectivity index (χ0) is 32.8. The molecule has 250 valence electrons. The van der Waals surface area contributed by atoms with Gasteiger partial charge in [0.05, 0.1) is 32.0 Å². The highest BCUT2D eigenvalue weighted by Gasteiger charge is 2.51. The van der Waals surface area contributed by atoms with Gasteiger partial charge in [0, 0.05) is 20.6 Å². The third kappa shape index (κ3) is 6.62. The zero-order valence-corrected chi connectivity index (χ0v) is 27.7. The maximum Gasteiger partial charge on any atom is 0.386 e. The van der Waals surface area contributed by atoms with Gasteiger partial charge in [-0.25, -0.2) is 39.0 Å². The van der Waals surface area contributed by atoms with Crippen LogP contribution in [-0.4, -0.2) is 102 Å². The van der Waals surface area contributed by atoms with Crippen molar-refractivity contribution in [2.45, 2.75) is 49.4 Å². The van der Waals surface area contributed by atoms with Crippen LogP contribution in [0, 0.1) is 0 Å². The first kappa shape index (κ1) is 33.4. The van der Waals surface area contributed by atoms with Crippen LogP contribution < -0.4 is 11.5 Å². The van der Waals surface area contributed by atoms with E-state index in [4.69, 9.17) is 43.8 Å². The lowest BCUT2D eigenvalue weighted by molar-refractivity contribution is -0.0564. The number of aliphatic hydroxyl groups excluding tert-OH is 1. The van der Waals surface area contributed by atoms with Crippen molar-refractivity contribution in [1.29, 1.82) is 0 Å². The number of methoxy groups -OCH3 is 1. The van der Waals surface area contributed by atoms with Crippen molar-refractivity contribution in [3.8, 4) is 0 Å². The fraction of sp³-hybridized carbons (Fsp3) is 0.545. The molecule has 6 heterocycles. The Balaban J connectivity index is 1.18. The number of aliphatic hydroxyl groups is 1. The number of hydrogen-bond donors (Lipinski definition) is 5. The molecule has 0 aliphatic carbocycles. The Hall–Kier alpha value is -2.46. The van der Waals surface area contributed by atoms with E-state index in [1.165, 1.54) is 37.0 Å². The lowest BCUT2D eigenvalue weighted by atomic mass is 10.1. The summed E-state index contributed by atoms with van der Waals surface area (Å²) >= 11 is 8.07. The van der Waals surface area contributed by atoms with Crippen molar-refractivity contribution < 1.29 is 46.5 Å². The molecule has 46 heavy (non-hydrogen) atoms. The van der Waals surface area contributed by atoms with Crippen LogP contribution >= 0.6 is 38.1 Å². The maximum absolute atomic E-state index is 13.6. The smallest absolute Gasteiger partial charge is 0.386 e. The largest absolute Gasteiger partial charge is 0.390 e. The lowest BCUT2D eigenvalue weighted by Crippen LogP contribution is -2.37. The van der Waals surface area contributed by atoms with Gasteiger partial charge in [-0.3, -0.25) is 22.7 Å². The third-order valence-electron chi connectivity index (χ3n) is 7.41. The van der Waals surface area contributed by atoms with Gasteiger partial charge in [0.2, 0.25) is 0 Å². The zero-order valence-electron chi connectivity index (χ0n) is 24.1. The number of thiol groups is 2. The van der Waals surface area contributed by atoms with E-state index in [-0.39, 0.29) is 31.3 Å². The molecule has 4 aromatic heterocycles. The van der Waals surface area contributed by atoms with Crippen LogP contribution in [0.3, 0.4) is 0 Å². The summed E-state index contributed by atoms with van der Waals surface area (Å²) in [6.07, 6.45) is -1.19. The number of rotatable bonds is 12. The van der Waals surface area contributed by atoms with Crippen molar-refractivity contribution >= 4 is 72.1 Å². The monoisotopic (exact) mass is 720 g/mol. The lowest BCUT2D eigenvalue weighted by Gasteiger charge is -2.26. The molecule has 0 bridgehead atoms. The summed E-state index contributed by atoms with van der Waals surface area (Å²) in [6, 6.07) is 0. The second-order valence-corrected chi connectivity index (χ2v) is 16.1. The Morgan fingerprint density at radius 2 is 1.46 bits per heavy atom. The van der Waals surface area contributed by atoms with Gasteiger partial charge < -0.3 is 35.3 Å². The molecule has 2 saturated heterocycles. The van der Waals surface area contributed by atoms with E-state index in [1.807, 2.05) is 0 Å². The van der Waals surface area contributed by atoms with E-state index >= 15 is 0 Å². The van der Waals surface area contributed by atoms with Crippen molar-refractivity contribution in [3.63, 3.8) is 0 Å². The van der Waals surface area contributed by atoms with Crippen molar-refractivity contribution in [2.75, 3.05) is 38.9 Å². The topological polar surface area (TPSA) is 258 Å². The van der Waals surface area contributed by atoms with Gasteiger partial charge in [0.1, 0.15) is 54.3 Å². The fourth-order valence-corrected chi connectivity index (χ4v) is 7.32. The van der Waals surface area contributed by atoms with Crippen molar-refractivity contribution in [3.05, 3.63) is 25.3 Å². The molecule has 2 fully saturated rings. The molecule has 4 aromatic rings. The van der Waals surface area contributed by atoms with Gasteiger partial charge in [-0.15, -0.1) is 0 Å². The summed E-state index contributed by atoms with van der Waals surface area (Å²) in [7, 11) is 2.55. The molecule has 9 atom stereocenters. The average molecular weight is 721 g/mol. The minimum atomic E-state index is -4.22. The van der Waals surface area contributed by atoms with E-state index in [1.54, 1.807) is 4.57 Å². The molecule has 24 heteroatoms. The molecule has 0 spiro atoms. The fourth-order valence-electron chi connectivity index (χ4n) is 5.19. The molecule has 2 aliphatic rings. The van der Waals surface area contributed by atoms with E-state index in [0.29, 0.717) is 22.3 Å². The second-order valence-electron chi connectivity index (χ2n) is 10.1. The van der Waals surface area contributed by atoms with Gasteiger partial charge in [0.25, 0.3) is 0 Å². The molecular formula is C22H30N10O10P2S2. The quantitative estimate of drug-likeness (QED) is 0.103. The van der Waals surface area contributed by atoms with Crippen LogP contribution in [-0.2, 0) is 41.4 Å². The highest BCUT2D eigenvalue weighted by molar-refractivity contribution is 8.44. The van der Waals surface area contributed by atoms with Gasteiger partial charge >= 0.3 is 13.6 Å². The number of nitrogen functional groups attached to an aromatic ring is 2. The van der Waals surface area contributed by atoms with Crippen LogP contribution in [0.15, 0.2) is 25.3 Å². The maximum atomic E-state index is 13.6. The third-order valence-corrected chi connectivity index (χ3v) is 10.8. The SMILES string of the molecule is CO[C@@H]1[C@H](OP(=O)(S)OC[C@H]2O[C@@H](n3cnc4c(N)ncnc43)C[C@@H]2O)[C@@H](COP(=O)(S)OC)O[C@H]1n1cnc2c(N)ncnc21. The molecule has 0 amide bonds. The number of ether oxygens (including phenoxy) is 3. The predicted octanol–water partition coefficient (Wildman–Crippen LogP) is 1.53. The molecule has 2 aliphatic heterocycles. The number of fused-ring (bicyclic) bond motifs is 2. The summed E-state index contributed by atoms with van der Waals surface area (Å²) in [4.78, 5) is 24.8. The minimum Gasteiger partial charge on any atom is -0.390 e. The molecular weight excluding hydrogens is 690 g/mol. The molecule has 6 rings (SSSR count). The normalized spacial score (nSPS) is 29.4. The van der Waals surface area contributed by atoms with Gasteiger partial charge in [-0.2, -0.15) is 0 Å². The average Bonchev–Trinajstić information content (AvgIpc) is 3.80. The molecule has 5 N–H and O–H groups in total. The number of anilines is 2. The first-order valence-corrected chi connectivity index (χ1v) is 18.9. The molecule has 0 radical (unpaired) electrons. The highest BCUT2D eigenvalue weighted by atomic mass is 32.7. The van der Waals surface area contributed by atoms with Crippen LogP contribution in [0.25, 0.3) is 22.3 Å². The van der Waals surface area contributed by atoms with Crippen molar-refractivity contribution in [1.82, 2.24) is 39.0 Å². The first-order valence-electron chi connectivity index (χ1n) is 13.5. The summed E-state index contributed by atoms with van der Waals surface area (Å²) in [5.74, 6) is 0.342. The van der Waals surface area contributed by atoms with Gasteiger partial charge in [-0.1, -0.05) is 24.5 Å².